The molecule has 0 bridgehead atoms. The van der Waals surface area contributed by atoms with Crippen LogP contribution in [0, 0.1) is 17.8 Å². The van der Waals surface area contributed by atoms with Gasteiger partial charge < -0.3 is 15.2 Å². The van der Waals surface area contributed by atoms with Crippen LogP contribution in [-0.2, 0) is 4.74 Å². The first kappa shape index (κ1) is 14.7. The van der Waals surface area contributed by atoms with Crippen molar-refractivity contribution in [3.8, 4) is 11.8 Å². The van der Waals surface area contributed by atoms with E-state index in [0.717, 1.165) is 4.88 Å². The molecule has 0 fully saturated rings. The van der Waals surface area contributed by atoms with Gasteiger partial charge in [-0.25, -0.2) is 0 Å². The number of hydrogen-bond donors (Lipinski definition) is 2. The average Bonchev–Trinajstić information content (AvgIpc) is 2.82. The molecule has 0 spiro atoms. The minimum Gasteiger partial charge on any atom is -0.384 e. The van der Waals surface area contributed by atoms with E-state index in [0.29, 0.717) is 18.7 Å². The molecule has 0 radical (unpaired) electrons. The van der Waals surface area contributed by atoms with Crippen molar-refractivity contribution in [3.05, 3.63) is 21.9 Å². The van der Waals surface area contributed by atoms with Crippen molar-refractivity contribution in [2.24, 2.45) is 5.92 Å². The number of methoxy groups -OCH3 is 1. The van der Waals surface area contributed by atoms with Crippen molar-refractivity contribution < 1.29 is 14.6 Å². The highest BCUT2D eigenvalue weighted by molar-refractivity contribution is 7.10. The van der Waals surface area contributed by atoms with Gasteiger partial charge in [-0.1, -0.05) is 18.8 Å². The number of aliphatic hydroxyl groups is 1. The number of hydrogen-bond acceptors (Lipinski definition) is 4. The molecule has 1 rings (SSSR count). The van der Waals surface area contributed by atoms with Gasteiger partial charge in [0.15, 0.2) is 0 Å². The van der Waals surface area contributed by atoms with Gasteiger partial charge in [0.05, 0.1) is 17.0 Å². The third kappa shape index (κ3) is 4.88. The second-order valence-electron chi connectivity index (χ2n) is 3.93. The molecule has 5 heteroatoms. The van der Waals surface area contributed by atoms with Crippen molar-refractivity contribution >= 4 is 17.2 Å². The van der Waals surface area contributed by atoms with Gasteiger partial charge in [0, 0.05) is 19.0 Å². The molecule has 0 aliphatic rings. The van der Waals surface area contributed by atoms with Crippen LogP contribution in [0.15, 0.2) is 11.4 Å². The molecule has 1 aromatic heterocycles. The molecule has 0 aliphatic carbocycles. The molecule has 2 N–H and O–H groups in total. The molecule has 98 valence electrons. The topological polar surface area (TPSA) is 58.6 Å². The summed E-state index contributed by atoms with van der Waals surface area (Å²) in [6, 6.07) is 1.73. The summed E-state index contributed by atoms with van der Waals surface area (Å²) in [6.45, 7) is 3.04. The first-order valence-electron chi connectivity index (χ1n) is 5.62. The zero-order valence-corrected chi connectivity index (χ0v) is 11.3. The minimum absolute atomic E-state index is 0.105. The minimum atomic E-state index is -0.173. The van der Waals surface area contributed by atoms with E-state index in [-0.39, 0.29) is 18.4 Å². The van der Waals surface area contributed by atoms with Crippen molar-refractivity contribution in [2.45, 2.75) is 6.92 Å². The van der Waals surface area contributed by atoms with Gasteiger partial charge in [-0.05, 0) is 12.0 Å². The third-order valence-electron chi connectivity index (χ3n) is 2.21. The van der Waals surface area contributed by atoms with Gasteiger partial charge in [-0.3, -0.25) is 4.79 Å². The van der Waals surface area contributed by atoms with Crippen LogP contribution in [-0.4, -0.2) is 37.9 Å². The van der Waals surface area contributed by atoms with Crippen LogP contribution in [0.3, 0.4) is 0 Å². The fourth-order valence-corrected chi connectivity index (χ4v) is 2.12. The molecule has 1 unspecified atom stereocenters. The van der Waals surface area contributed by atoms with E-state index in [1.165, 1.54) is 11.3 Å². The van der Waals surface area contributed by atoms with Crippen LogP contribution >= 0.6 is 11.3 Å². The Hall–Kier alpha value is -1.35. The molecule has 0 aromatic carbocycles. The molecule has 1 heterocycles. The van der Waals surface area contributed by atoms with Crippen LogP contribution in [0.2, 0.25) is 0 Å². The highest BCUT2D eigenvalue weighted by Crippen LogP contribution is 2.13. The first-order valence-corrected chi connectivity index (χ1v) is 6.50. The molecule has 0 saturated heterocycles. The normalized spacial score (nSPS) is 11.5. The summed E-state index contributed by atoms with van der Waals surface area (Å²) in [7, 11) is 1.64. The number of thiophene rings is 1. The number of nitrogens with one attached hydrogen (secondary N) is 1. The highest BCUT2D eigenvalue weighted by Gasteiger charge is 2.09. The lowest BCUT2D eigenvalue weighted by Gasteiger charge is -2.10. The van der Waals surface area contributed by atoms with E-state index < -0.39 is 0 Å². The Morgan fingerprint density at radius 2 is 2.44 bits per heavy atom. The lowest BCUT2D eigenvalue weighted by atomic mass is 10.2. The SMILES string of the molecule is COCC(C)CNC(=O)c1csc(C#CCO)c1. The zero-order valence-electron chi connectivity index (χ0n) is 10.5. The summed E-state index contributed by atoms with van der Waals surface area (Å²) < 4.78 is 5.00. The van der Waals surface area contributed by atoms with E-state index in [4.69, 9.17) is 9.84 Å². The molecule has 4 nitrogen and oxygen atoms in total. The maximum atomic E-state index is 11.8. The number of carbonyl (C=O) groups excluding carboxylic acids is 1. The largest absolute Gasteiger partial charge is 0.384 e. The van der Waals surface area contributed by atoms with E-state index in [2.05, 4.69) is 17.2 Å². The molecule has 0 aliphatic heterocycles. The van der Waals surface area contributed by atoms with Crippen LogP contribution < -0.4 is 5.32 Å². The summed E-state index contributed by atoms with van der Waals surface area (Å²) in [4.78, 5) is 12.6. The Kier molecular flexibility index (Phi) is 6.44. The standard InChI is InChI=1S/C13H17NO3S/c1-10(8-17-2)7-14-13(16)11-6-12(18-9-11)4-3-5-15/h6,9-10,15H,5,7-8H2,1-2H3,(H,14,16). The average molecular weight is 267 g/mol. The number of aliphatic hydroxyl groups excluding tert-OH is 1. The monoisotopic (exact) mass is 267 g/mol. The lowest BCUT2D eigenvalue weighted by molar-refractivity contribution is 0.0934. The Morgan fingerprint density at radius 3 is 3.11 bits per heavy atom. The quantitative estimate of drug-likeness (QED) is 0.786. The Bertz CT molecular complexity index is 445. The van der Waals surface area contributed by atoms with Gasteiger partial charge in [-0.2, -0.15) is 0 Å². The molecule has 18 heavy (non-hydrogen) atoms. The van der Waals surface area contributed by atoms with Gasteiger partial charge in [0.2, 0.25) is 0 Å². The van der Waals surface area contributed by atoms with E-state index in [1.54, 1.807) is 18.6 Å². The third-order valence-corrected chi connectivity index (χ3v) is 3.06. The molecule has 1 amide bonds. The van der Waals surface area contributed by atoms with E-state index >= 15 is 0 Å². The Labute approximate surface area is 111 Å². The fourth-order valence-electron chi connectivity index (χ4n) is 1.36. The lowest BCUT2D eigenvalue weighted by Crippen LogP contribution is -2.29. The summed E-state index contributed by atoms with van der Waals surface area (Å²) in [5.74, 6) is 5.50. The first-order chi connectivity index (χ1) is 8.67. The molecule has 1 aromatic rings. The van der Waals surface area contributed by atoms with Gasteiger partial charge in [0.25, 0.3) is 5.91 Å². The summed E-state index contributed by atoms with van der Waals surface area (Å²) in [6.07, 6.45) is 0. The van der Waals surface area contributed by atoms with Crippen molar-refractivity contribution in [1.82, 2.24) is 5.32 Å². The van der Waals surface area contributed by atoms with Crippen molar-refractivity contribution in [2.75, 3.05) is 26.9 Å². The number of carbonyl (C=O) groups is 1. The molecular formula is C13H17NO3S. The highest BCUT2D eigenvalue weighted by atomic mass is 32.1. The predicted molar refractivity (Wildman–Crippen MR) is 71.7 cm³/mol. The van der Waals surface area contributed by atoms with Gasteiger partial charge in [0.1, 0.15) is 6.61 Å². The molecule has 1 atom stereocenters. The van der Waals surface area contributed by atoms with Crippen LogP contribution in [0.4, 0.5) is 0 Å². The van der Waals surface area contributed by atoms with Crippen LogP contribution in [0.1, 0.15) is 22.2 Å². The zero-order chi connectivity index (χ0) is 13.4. The maximum absolute atomic E-state index is 11.8. The van der Waals surface area contributed by atoms with E-state index in [9.17, 15) is 4.79 Å². The van der Waals surface area contributed by atoms with Crippen LogP contribution in [0.25, 0.3) is 0 Å². The Balaban J connectivity index is 2.49. The summed E-state index contributed by atoms with van der Waals surface area (Å²) >= 11 is 1.39. The number of amides is 1. The fraction of sp³-hybridized carbons (Fsp3) is 0.462. The maximum Gasteiger partial charge on any atom is 0.252 e. The smallest absolute Gasteiger partial charge is 0.252 e. The molecular weight excluding hydrogens is 250 g/mol. The summed E-state index contributed by atoms with van der Waals surface area (Å²) in [5.41, 5.74) is 0.604. The molecule has 0 saturated carbocycles. The number of rotatable bonds is 5. The van der Waals surface area contributed by atoms with Crippen LogP contribution in [0.5, 0.6) is 0 Å². The van der Waals surface area contributed by atoms with E-state index in [1.807, 2.05) is 6.92 Å². The summed E-state index contributed by atoms with van der Waals surface area (Å²) in [5, 5.41) is 13.2. The van der Waals surface area contributed by atoms with Gasteiger partial charge >= 0.3 is 0 Å². The second kappa shape index (κ2) is 7.88. The second-order valence-corrected chi connectivity index (χ2v) is 4.84. The Morgan fingerprint density at radius 1 is 1.67 bits per heavy atom. The van der Waals surface area contributed by atoms with Crippen molar-refractivity contribution in [3.63, 3.8) is 0 Å². The predicted octanol–water partition coefficient (Wildman–Crippen LogP) is 1.10. The van der Waals surface area contributed by atoms with Crippen molar-refractivity contribution in [1.29, 1.82) is 0 Å². The van der Waals surface area contributed by atoms with Gasteiger partial charge in [-0.15, -0.1) is 11.3 Å². The number of ether oxygens (including phenoxy) is 1.